The zero-order valence-corrected chi connectivity index (χ0v) is 33.2. The third-order valence-corrected chi connectivity index (χ3v) is 19.4. The second kappa shape index (κ2) is 16.1. The van der Waals surface area contributed by atoms with Gasteiger partial charge in [-0.05, 0) is 117 Å². The number of esters is 1. The fourth-order valence-electron chi connectivity index (χ4n) is 8.39. The van der Waals surface area contributed by atoms with Gasteiger partial charge in [-0.1, -0.05) is 84.4 Å². The molecule has 1 aromatic rings. The van der Waals surface area contributed by atoms with Crippen LogP contribution in [0, 0.1) is 41.4 Å². The normalized spacial score (nSPS) is 31.2. The highest BCUT2D eigenvalue weighted by atomic mass is 32.2. The summed E-state index contributed by atoms with van der Waals surface area (Å²) in [5.74, 6) is 1.16. The Bertz CT molecular complexity index is 1380. The zero-order valence-electron chi connectivity index (χ0n) is 31.4. The first-order valence-electron chi connectivity index (χ1n) is 18.6. The van der Waals surface area contributed by atoms with E-state index in [4.69, 9.17) is 13.9 Å². The average molecular weight is 701 g/mol. The minimum absolute atomic E-state index is 0.0717. The Labute approximate surface area is 293 Å². The van der Waals surface area contributed by atoms with Gasteiger partial charge < -0.3 is 13.9 Å². The molecule has 3 aliphatic rings. The van der Waals surface area contributed by atoms with Crippen molar-refractivity contribution in [3.8, 4) is 0 Å². The van der Waals surface area contributed by atoms with Crippen LogP contribution in [0.2, 0.25) is 18.1 Å². The minimum atomic E-state index is -3.69. The quantitative estimate of drug-likeness (QED) is 0.116. The van der Waals surface area contributed by atoms with Crippen molar-refractivity contribution in [3.05, 3.63) is 54.1 Å². The van der Waals surface area contributed by atoms with Crippen molar-refractivity contribution in [2.75, 3.05) is 13.7 Å². The van der Waals surface area contributed by atoms with Gasteiger partial charge in [0, 0.05) is 6.61 Å². The molecule has 0 N–H and O–H groups in total. The molecule has 6 nitrogen and oxygen atoms in total. The average Bonchev–Trinajstić information content (AvgIpc) is 3.49. The number of hydrogen-bond acceptors (Lipinski definition) is 6. The van der Waals surface area contributed by atoms with Gasteiger partial charge in [0.2, 0.25) is 0 Å². The van der Waals surface area contributed by atoms with Crippen molar-refractivity contribution < 1.29 is 27.1 Å². The maximum atomic E-state index is 14.8. The van der Waals surface area contributed by atoms with E-state index in [-0.39, 0.29) is 46.9 Å². The topological polar surface area (TPSA) is 78.9 Å². The number of carbonyl (C=O) groups is 1. The summed E-state index contributed by atoms with van der Waals surface area (Å²) >= 11 is 0. The van der Waals surface area contributed by atoms with Crippen LogP contribution in [0.25, 0.3) is 0 Å². The standard InChI is InChI=1S/C40H64O6SSi/c1-11-29-19-21-33-32(29)22-23-34(35(33)26-45-48(9,10)40(5,6)7)37(47(42,43)31-16-14-13-15-17-31)25-20-30(12-2)38-27(3)18-24-36(46-38)28(4)39(41)44-8/h13-17,20,22-23,27-29,32-38H,11-12,18-19,21,24-26H2,1-10H3/b30-20+/t27-,28+,29-,32+,33+,34+,35-,36+,37?,38+/m0/s1. The fourth-order valence-corrected chi connectivity index (χ4v) is 11.4. The molecule has 10 atom stereocenters. The van der Waals surface area contributed by atoms with E-state index in [1.54, 1.807) is 12.1 Å². The van der Waals surface area contributed by atoms with Crippen LogP contribution in [-0.4, -0.2) is 53.9 Å². The lowest BCUT2D eigenvalue weighted by molar-refractivity contribution is -0.156. The summed E-state index contributed by atoms with van der Waals surface area (Å²) in [4.78, 5) is 12.8. The maximum Gasteiger partial charge on any atom is 0.311 e. The lowest BCUT2D eigenvalue weighted by Crippen LogP contribution is -2.47. The summed E-state index contributed by atoms with van der Waals surface area (Å²) in [7, 11) is -4.34. The Morgan fingerprint density at radius 3 is 2.35 bits per heavy atom. The first-order valence-corrected chi connectivity index (χ1v) is 23.1. The van der Waals surface area contributed by atoms with Crippen LogP contribution >= 0.6 is 0 Å². The first kappa shape index (κ1) is 39.0. The highest BCUT2D eigenvalue weighted by Gasteiger charge is 2.49. The van der Waals surface area contributed by atoms with Gasteiger partial charge in [0.05, 0.1) is 35.4 Å². The molecule has 0 radical (unpaired) electrons. The van der Waals surface area contributed by atoms with E-state index in [1.165, 1.54) is 13.5 Å². The number of sulfone groups is 1. The summed E-state index contributed by atoms with van der Waals surface area (Å²) in [5, 5.41) is -0.557. The molecule has 1 aromatic carbocycles. The molecule has 0 spiro atoms. The van der Waals surface area contributed by atoms with Crippen LogP contribution < -0.4 is 0 Å². The predicted molar refractivity (Wildman–Crippen MR) is 198 cm³/mol. The highest BCUT2D eigenvalue weighted by molar-refractivity contribution is 7.92. The molecule has 8 heteroatoms. The molecule has 270 valence electrons. The summed E-state index contributed by atoms with van der Waals surface area (Å²) in [6.45, 7) is 20.5. The van der Waals surface area contributed by atoms with Crippen molar-refractivity contribution >= 4 is 24.1 Å². The Morgan fingerprint density at radius 1 is 1.06 bits per heavy atom. The molecule has 1 heterocycles. The fraction of sp³-hybridized carbons (Fsp3) is 0.725. The van der Waals surface area contributed by atoms with Crippen LogP contribution in [0.5, 0.6) is 0 Å². The number of allylic oxidation sites excluding steroid dienone is 3. The SMILES string of the molecule is CC/C(=C\CC([C@@H]1C=C[C@@H]2[C@@H](CC)CC[C@H]2[C@@H]1CO[Si](C)(C)C(C)(C)C)S(=O)(=O)c1ccccc1)[C@@H]1O[C@@H]([C@@H](C)C(=O)OC)CC[C@@H]1C. The van der Waals surface area contributed by atoms with Crippen molar-refractivity contribution in [3.63, 3.8) is 0 Å². The molecule has 48 heavy (non-hydrogen) atoms. The highest BCUT2D eigenvalue weighted by Crippen LogP contribution is 2.51. The number of benzene rings is 1. The van der Waals surface area contributed by atoms with Crippen LogP contribution in [0.3, 0.4) is 0 Å². The van der Waals surface area contributed by atoms with Crippen LogP contribution in [-0.2, 0) is 28.5 Å². The van der Waals surface area contributed by atoms with E-state index in [0.29, 0.717) is 35.7 Å². The number of methoxy groups -OCH3 is 1. The summed E-state index contributed by atoms with van der Waals surface area (Å²) in [6, 6.07) is 9.02. The third-order valence-electron chi connectivity index (χ3n) is 12.6. The molecule has 1 saturated heterocycles. The van der Waals surface area contributed by atoms with E-state index in [1.807, 2.05) is 25.1 Å². The van der Waals surface area contributed by atoms with Gasteiger partial charge in [-0.2, -0.15) is 0 Å². The van der Waals surface area contributed by atoms with Gasteiger partial charge in [0.1, 0.15) is 0 Å². The smallest absolute Gasteiger partial charge is 0.311 e. The Morgan fingerprint density at radius 2 is 1.75 bits per heavy atom. The second-order valence-corrected chi connectivity index (χ2v) is 23.4. The van der Waals surface area contributed by atoms with Gasteiger partial charge in [-0.15, -0.1) is 0 Å². The zero-order chi connectivity index (χ0) is 35.4. The molecule has 2 fully saturated rings. The van der Waals surface area contributed by atoms with Gasteiger partial charge in [0.15, 0.2) is 18.2 Å². The molecule has 1 aliphatic heterocycles. The molecule has 1 saturated carbocycles. The summed E-state index contributed by atoms with van der Waals surface area (Å²) in [6.07, 6.45) is 12.8. The summed E-state index contributed by atoms with van der Waals surface area (Å²) < 4.78 is 48.2. The molecular weight excluding hydrogens is 637 g/mol. The summed E-state index contributed by atoms with van der Waals surface area (Å²) in [5.41, 5.74) is 1.12. The second-order valence-electron chi connectivity index (χ2n) is 16.4. The van der Waals surface area contributed by atoms with E-state index < -0.39 is 23.4 Å². The predicted octanol–water partition coefficient (Wildman–Crippen LogP) is 9.42. The van der Waals surface area contributed by atoms with E-state index >= 15 is 0 Å². The molecule has 4 rings (SSSR count). The monoisotopic (exact) mass is 700 g/mol. The van der Waals surface area contributed by atoms with Gasteiger partial charge >= 0.3 is 5.97 Å². The Kier molecular flexibility index (Phi) is 13.1. The number of carbonyl (C=O) groups excluding carboxylic acids is 1. The Hall–Kier alpha value is -1.74. The van der Waals surface area contributed by atoms with Gasteiger partial charge in [0.25, 0.3) is 0 Å². The van der Waals surface area contributed by atoms with E-state index in [0.717, 1.165) is 37.7 Å². The van der Waals surface area contributed by atoms with Crippen molar-refractivity contribution in [2.45, 2.75) is 134 Å². The largest absolute Gasteiger partial charge is 0.469 e. The van der Waals surface area contributed by atoms with E-state index in [9.17, 15) is 13.2 Å². The van der Waals surface area contributed by atoms with Crippen molar-refractivity contribution in [1.82, 2.24) is 0 Å². The van der Waals surface area contributed by atoms with Crippen molar-refractivity contribution in [2.24, 2.45) is 41.4 Å². The first-order chi connectivity index (χ1) is 22.6. The van der Waals surface area contributed by atoms with Gasteiger partial charge in [-0.25, -0.2) is 8.42 Å². The lowest BCUT2D eigenvalue weighted by atomic mass is 9.69. The van der Waals surface area contributed by atoms with Crippen LogP contribution in [0.15, 0.2) is 59.0 Å². The Balaban J connectivity index is 1.74. The molecular formula is C40H64O6SSi. The number of fused-ring (bicyclic) bond motifs is 1. The molecule has 0 aromatic heterocycles. The minimum Gasteiger partial charge on any atom is -0.469 e. The van der Waals surface area contributed by atoms with Gasteiger partial charge in [-0.3, -0.25) is 4.79 Å². The van der Waals surface area contributed by atoms with Crippen LogP contribution in [0.1, 0.15) is 93.4 Å². The molecule has 0 amide bonds. The third kappa shape index (κ3) is 8.41. The molecule has 1 unspecified atom stereocenters. The van der Waals surface area contributed by atoms with E-state index in [2.05, 4.69) is 72.9 Å². The maximum absolute atomic E-state index is 14.8. The van der Waals surface area contributed by atoms with Crippen LogP contribution in [0.4, 0.5) is 0 Å². The number of hydrogen-bond donors (Lipinski definition) is 0. The number of ether oxygens (including phenoxy) is 2. The number of rotatable bonds is 13. The molecule has 0 bridgehead atoms. The lowest BCUT2D eigenvalue weighted by Gasteiger charge is -2.44. The van der Waals surface area contributed by atoms with Crippen molar-refractivity contribution in [1.29, 1.82) is 0 Å². The molecule has 2 aliphatic carbocycles.